The number of amides is 1. The van der Waals surface area contributed by atoms with Gasteiger partial charge in [-0.2, -0.15) is 0 Å². The Balaban J connectivity index is 0.000000395. The number of nitrogens with one attached hydrogen (secondary N) is 5. The number of aromatic amines is 4. The number of carbonyl (C=O) groups is 1. The predicted octanol–water partition coefficient (Wildman–Crippen LogP) is 3.41. The van der Waals surface area contributed by atoms with E-state index in [-0.39, 0.29) is 34.6 Å². The van der Waals surface area contributed by atoms with Gasteiger partial charge in [0.1, 0.15) is 66.4 Å². The number of allylic oxidation sites excluding steroid dienone is 2. The summed E-state index contributed by atoms with van der Waals surface area (Å²) in [5.74, 6) is 0.0372. The van der Waals surface area contributed by atoms with Gasteiger partial charge in [-0.1, -0.05) is 67.7 Å². The van der Waals surface area contributed by atoms with Crippen molar-refractivity contribution in [3.05, 3.63) is 180 Å². The van der Waals surface area contributed by atoms with E-state index in [2.05, 4.69) is 143 Å². The first-order chi connectivity index (χ1) is 55.6. The summed E-state index contributed by atoms with van der Waals surface area (Å²) in [7, 11) is 0. The summed E-state index contributed by atoms with van der Waals surface area (Å²) in [6, 6.07) is 0. The van der Waals surface area contributed by atoms with Gasteiger partial charge in [0.25, 0.3) is 28.1 Å². The van der Waals surface area contributed by atoms with Gasteiger partial charge in [0.05, 0.1) is 30.5 Å². The Bertz CT molecular complexity index is 5000. The normalized spacial score (nSPS) is 28.0. The number of hydrogen-bond donors (Lipinski definition) is 15. The molecule has 0 saturated carbocycles. The first-order valence-electron chi connectivity index (χ1n) is 40.1. The molecule has 34 nitrogen and oxygen atoms in total. The zero-order valence-corrected chi connectivity index (χ0v) is 76.1. The summed E-state index contributed by atoms with van der Waals surface area (Å²) in [6.45, 7) is 31.0. The quantitative estimate of drug-likeness (QED) is 0.0263. The van der Waals surface area contributed by atoms with Crippen LogP contribution in [-0.4, -0.2) is 326 Å². The third-order valence-corrected chi connectivity index (χ3v) is 28.3. The monoisotopic (exact) mass is 1830 g/mol. The van der Waals surface area contributed by atoms with Gasteiger partial charge in [0.15, 0.2) is 31.1 Å². The van der Waals surface area contributed by atoms with Gasteiger partial charge in [0, 0.05) is 59.3 Å². The maximum atomic E-state index is 12.2. The SMILES string of the molecule is C.C.C.C=C1NC(=O)C=CN1[C@@H]1O[C@H](CCP(=C)(C)C)[C@@H](O)[C@@]1(C)O.C=CCCc1cn([C@@H]2O[C@H](CCP(=C)(C)C)[C@@H](O)[C@H]2O)c(=O)[nH]c1=O.C=CCc1cn([C@@H]2O[C@H](CCP(=C)(C)C)[C@@H](O)[C@H]2O)c(=O)[nH]c1=O.C=P(C)(C)CC[C@H]1O[C@@H](n2cc(CCC)c(=O)[nH]c2=O)[C@H](O)[C@@H]1O.C=P(C)(C)CC[C@H]1O[C@@H](n2cc(CCCC)c(=O)[nH]c2=O)[C@H](O)[C@@H]1O. The van der Waals surface area contributed by atoms with E-state index >= 15 is 0 Å². The molecule has 10 heterocycles. The van der Waals surface area contributed by atoms with Crippen molar-refractivity contribution in [1.82, 2.24) is 48.4 Å². The van der Waals surface area contributed by atoms with Crippen LogP contribution in [0.4, 0.5) is 0 Å². The van der Waals surface area contributed by atoms with E-state index in [4.69, 9.17) is 23.7 Å². The van der Waals surface area contributed by atoms with Crippen molar-refractivity contribution in [3.63, 3.8) is 0 Å². The van der Waals surface area contributed by atoms with Crippen molar-refractivity contribution in [2.75, 3.05) is 97.5 Å². The highest BCUT2D eigenvalue weighted by Crippen LogP contribution is 2.45. The fourth-order valence-corrected chi connectivity index (χ4v) is 18.7. The Morgan fingerprint density at radius 2 is 0.715 bits per heavy atom. The molecule has 0 radical (unpaired) electrons. The lowest BCUT2D eigenvalue weighted by Gasteiger charge is -2.37. The molecule has 0 aromatic carbocycles. The summed E-state index contributed by atoms with van der Waals surface area (Å²) >= 11 is 0. The maximum Gasteiger partial charge on any atom is 0.330 e. The number of unbranched alkanes of at least 4 members (excludes halogenated alkanes) is 1. The molecule has 6 aliphatic rings. The lowest BCUT2D eigenvalue weighted by atomic mass is 9.95. The van der Waals surface area contributed by atoms with E-state index in [1.807, 2.05) is 13.8 Å². The van der Waals surface area contributed by atoms with Crippen LogP contribution in [0.2, 0.25) is 0 Å². The van der Waals surface area contributed by atoms with Gasteiger partial charge >= 0.3 is 22.8 Å². The average molecular weight is 1830 g/mol. The number of ether oxygens (including phenoxy) is 5. The van der Waals surface area contributed by atoms with Crippen molar-refractivity contribution in [3.8, 4) is 0 Å². The van der Waals surface area contributed by atoms with E-state index in [1.54, 1.807) is 12.2 Å². The van der Waals surface area contributed by atoms with Crippen molar-refractivity contribution >= 4 is 71.8 Å². The lowest BCUT2D eigenvalue weighted by Crippen LogP contribution is -2.53. The van der Waals surface area contributed by atoms with Crippen molar-refractivity contribution < 1.29 is 79.5 Å². The van der Waals surface area contributed by atoms with Crippen LogP contribution in [0, 0.1) is 0 Å². The molecule has 0 aliphatic carbocycles. The number of nitrogens with zero attached hydrogens (tertiary/aromatic N) is 5. The fraction of sp³-hybridized carbons (Fsp3) is 0.643. The van der Waals surface area contributed by atoms with Gasteiger partial charge in [0.2, 0.25) is 0 Å². The molecule has 6 aliphatic heterocycles. The highest BCUT2D eigenvalue weighted by molar-refractivity contribution is 7.73. The van der Waals surface area contributed by atoms with E-state index in [9.17, 15) is 94.2 Å². The summed E-state index contributed by atoms with van der Waals surface area (Å²) in [5.41, 5.74) is -4.26. The smallest absolute Gasteiger partial charge is 0.330 e. The third kappa shape index (κ3) is 31.4. The second-order valence-electron chi connectivity index (χ2n) is 35.2. The molecule has 0 unspecified atom stereocenters. The molecule has 15 N–H and O–H groups in total. The van der Waals surface area contributed by atoms with Crippen LogP contribution in [0.1, 0.15) is 148 Å². The molecule has 700 valence electrons. The van der Waals surface area contributed by atoms with Gasteiger partial charge in [-0.15, -0.1) is 79.1 Å². The van der Waals surface area contributed by atoms with Gasteiger partial charge in [-0.25, -0.2) is 19.2 Å². The van der Waals surface area contributed by atoms with Crippen molar-refractivity contribution in [1.29, 1.82) is 0 Å². The molecule has 1 amide bonds. The Morgan fingerprint density at radius 3 is 1.00 bits per heavy atom. The molecule has 20 atom stereocenters. The van der Waals surface area contributed by atoms with Crippen molar-refractivity contribution in [2.45, 2.75) is 249 Å². The summed E-state index contributed by atoms with van der Waals surface area (Å²) in [5, 5.41) is 106. The number of aromatic nitrogens is 8. The molecular weight excluding hydrogens is 1690 g/mol. The van der Waals surface area contributed by atoms with Crippen LogP contribution in [0.3, 0.4) is 0 Å². The summed E-state index contributed by atoms with van der Waals surface area (Å²) in [6.07, 6.45) is 26.3. The number of hydrogen-bond acceptors (Lipinski definition) is 25. The van der Waals surface area contributed by atoms with E-state index < -0.39 is 202 Å². The predicted molar refractivity (Wildman–Crippen MR) is 505 cm³/mol. The molecule has 4 aromatic rings. The zero-order valence-electron chi connectivity index (χ0n) is 71.6. The van der Waals surface area contributed by atoms with Crippen LogP contribution in [-0.2, 0) is 54.2 Å². The molecular formula is C84H145N10O24P5. The van der Waals surface area contributed by atoms with Crippen LogP contribution < -0.4 is 50.3 Å². The lowest BCUT2D eigenvalue weighted by molar-refractivity contribution is -0.123. The minimum Gasteiger partial charge on any atom is -0.388 e. The second-order valence-corrected chi connectivity index (χ2v) is 56.8. The second kappa shape index (κ2) is 47.2. The standard InChI is InChI=1S/C17H29N2O5P.C17H27N2O5P.C16H27N2O5P.C16H25N2O5P.C15H25N2O4P.3CH4/c2*1-5-6-7-11-10-19(17(23)18-15(11)22)16-14(21)13(20)12(24-16)8-9-25(2,3)4;2*1-5-6-10-9-18(16(22)17-14(10)21)15-13(20)12(19)11(23-15)7-8-24(2,3)4;1-10-16-12(18)6-8-17(10)14-15(2,20)13(19)11(21-14)7-9-22(3,4)5;;;/h10,12-14,16,20-21H,2,5-9H2,1,3-4H3,(H,18,22,23);5,10,12-14,16,20-21H,1-2,6-9H2,3-4H3,(H,18,22,23);9,11-13,15,19-20H,2,5-8H2,1,3-4H3,(H,17,21,22);5,9,11-13,15,19-20H,1-2,6-8H2,3-4H3,(H,17,21,22);6,8,11,13-14,19-20H,1,3,7,9H2,2,4-5H3,(H,16,18);3*1H4/t2*12-,13-,14-,16-;2*11-,12-,13-,15-;11-,13-,14-,15-;;;/m11111.../s1. The fourth-order valence-electron chi connectivity index (χ4n) is 13.9. The Kier molecular flexibility index (Phi) is 42.6. The van der Waals surface area contributed by atoms with Crippen LogP contribution >= 0.6 is 34.4 Å². The van der Waals surface area contributed by atoms with Crippen LogP contribution in [0.15, 0.2) is 113 Å². The number of aliphatic hydroxyl groups excluding tert-OH is 9. The number of rotatable bonds is 30. The van der Waals surface area contributed by atoms with Crippen LogP contribution in [0.5, 0.6) is 0 Å². The Morgan fingerprint density at radius 1 is 0.423 bits per heavy atom. The minimum atomic E-state index is -1.47. The number of H-pyrrole nitrogens is 4. The topological polar surface area (TPSA) is 500 Å². The molecule has 0 spiro atoms. The van der Waals surface area contributed by atoms with E-state index in [0.717, 1.165) is 59.2 Å². The number of carbonyl (C=O) groups excluding carboxylic acids is 1. The summed E-state index contributed by atoms with van der Waals surface area (Å²) in [4.78, 5) is 118. The molecule has 123 heavy (non-hydrogen) atoms. The Hall–Kier alpha value is -6.15. The van der Waals surface area contributed by atoms with E-state index in [1.165, 1.54) is 58.0 Å². The maximum absolute atomic E-state index is 12.2. The van der Waals surface area contributed by atoms with Gasteiger partial charge in [-0.05, 0) is 175 Å². The molecule has 10 rings (SSSR count). The van der Waals surface area contributed by atoms with E-state index in [0.29, 0.717) is 85.9 Å². The van der Waals surface area contributed by atoms with Crippen LogP contribution in [0.25, 0.3) is 0 Å². The molecule has 5 saturated heterocycles. The zero-order chi connectivity index (χ0) is 90.4. The van der Waals surface area contributed by atoms with Crippen molar-refractivity contribution in [2.24, 2.45) is 0 Å². The first kappa shape index (κ1) is 111. The van der Waals surface area contributed by atoms with Gasteiger partial charge < -0.3 is 85.0 Å². The first-order valence-corrected chi connectivity index (χ1v) is 55.4. The third-order valence-electron chi connectivity index (χ3n) is 21.0. The molecule has 39 heteroatoms. The highest BCUT2D eigenvalue weighted by atomic mass is 31.2. The Labute approximate surface area is 722 Å². The molecule has 5 fully saturated rings. The average Bonchev–Trinajstić information content (AvgIpc) is 1.68. The summed E-state index contributed by atoms with van der Waals surface area (Å²) < 4.78 is 33.5. The molecule has 4 aromatic heterocycles. The highest BCUT2D eigenvalue weighted by Gasteiger charge is 2.55. The number of aliphatic hydroxyl groups is 10. The van der Waals surface area contributed by atoms with Gasteiger partial charge in [-0.3, -0.25) is 62.2 Å². The largest absolute Gasteiger partial charge is 0.388 e. The number of aryl methyl sites for hydroxylation is 3. The minimum absolute atomic E-state index is 0. The molecule has 0 bridgehead atoms.